The number of carbonyl (C=O) groups excluding carboxylic acids is 1. The minimum atomic E-state index is -0.209. The topological polar surface area (TPSA) is 55.1 Å². The molecule has 0 atom stereocenters. The average Bonchev–Trinajstić information content (AvgIpc) is 2.32. The molecule has 0 aromatic heterocycles. The van der Waals surface area contributed by atoms with Crippen LogP contribution < -0.4 is 11.1 Å². The van der Waals surface area contributed by atoms with Crippen molar-refractivity contribution in [2.24, 2.45) is 5.41 Å². The minimum absolute atomic E-state index is 0.209. The molecule has 1 aliphatic rings. The van der Waals surface area contributed by atoms with Gasteiger partial charge in [0.15, 0.2) is 0 Å². The van der Waals surface area contributed by atoms with Crippen LogP contribution in [0.5, 0.6) is 0 Å². The fourth-order valence-electron chi connectivity index (χ4n) is 2.47. The zero-order valence-electron chi connectivity index (χ0n) is 10.9. The Morgan fingerprint density at radius 1 is 1.42 bits per heavy atom. The lowest BCUT2D eigenvalue weighted by molar-refractivity contribution is 0.0850. The molecule has 0 heterocycles. The summed E-state index contributed by atoms with van der Waals surface area (Å²) >= 11 is 12.0. The van der Waals surface area contributed by atoms with Crippen molar-refractivity contribution >= 4 is 34.8 Å². The number of hydrogen-bond acceptors (Lipinski definition) is 2. The number of rotatable bonds is 4. The van der Waals surface area contributed by atoms with Gasteiger partial charge < -0.3 is 11.1 Å². The molecule has 5 heteroatoms. The van der Waals surface area contributed by atoms with E-state index in [1.165, 1.54) is 19.3 Å². The molecule has 0 radical (unpaired) electrons. The van der Waals surface area contributed by atoms with Gasteiger partial charge in [0.05, 0.1) is 15.6 Å². The molecule has 1 fully saturated rings. The summed E-state index contributed by atoms with van der Waals surface area (Å²) in [7, 11) is 0. The van der Waals surface area contributed by atoms with Crippen LogP contribution in [0.1, 0.15) is 43.0 Å². The first-order valence-corrected chi connectivity index (χ1v) is 7.26. The molecule has 1 aromatic rings. The van der Waals surface area contributed by atoms with E-state index in [-0.39, 0.29) is 16.3 Å². The van der Waals surface area contributed by atoms with Crippen molar-refractivity contribution in [1.29, 1.82) is 0 Å². The molecule has 104 valence electrons. The van der Waals surface area contributed by atoms with E-state index in [0.717, 1.165) is 6.42 Å². The van der Waals surface area contributed by atoms with E-state index in [0.29, 0.717) is 22.8 Å². The van der Waals surface area contributed by atoms with E-state index >= 15 is 0 Å². The Morgan fingerprint density at radius 3 is 2.63 bits per heavy atom. The van der Waals surface area contributed by atoms with Crippen LogP contribution in [-0.4, -0.2) is 12.5 Å². The number of nitrogen functional groups attached to an aromatic ring is 1. The van der Waals surface area contributed by atoms with Gasteiger partial charge in [0.2, 0.25) is 0 Å². The lowest BCUT2D eigenvalue weighted by Crippen LogP contribution is -2.41. The van der Waals surface area contributed by atoms with Crippen LogP contribution in [0.4, 0.5) is 5.69 Å². The zero-order chi connectivity index (χ0) is 14.0. The fourth-order valence-corrected chi connectivity index (χ4v) is 2.89. The van der Waals surface area contributed by atoms with Crippen molar-refractivity contribution in [2.75, 3.05) is 12.3 Å². The number of nitrogens with two attached hydrogens (primary N) is 1. The second kappa shape index (κ2) is 5.59. The molecule has 2 rings (SSSR count). The van der Waals surface area contributed by atoms with Crippen LogP contribution in [0, 0.1) is 5.41 Å². The van der Waals surface area contributed by atoms with E-state index in [1.54, 1.807) is 12.1 Å². The van der Waals surface area contributed by atoms with Crippen molar-refractivity contribution in [3.63, 3.8) is 0 Å². The molecule has 1 amide bonds. The van der Waals surface area contributed by atoms with Gasteiger partial charge in [-0.2, -0.15) is 0 Å². The standard InChI is InChI=1S/C14H18Cl2N2O/c1-2-14(4-3-5-14)8-18-13(19)10-6-9(17)7-11(15)12(10)16/h6-7H,2-5,8,17H2,1H3,(H,18,19). The predicted molar refractivity (Wildman–Crippen MR) is 79.8 cm³/mol. The average molecular weight is 301 g/mol. The summed E-state index contributed by atoms with van der Waals surface area (Å²) in [6.45, 7) is 2.85. The molecule has 1 aliphatic carbocycles. The number of halogens is 2. The molecule has 0 spiro atoms. The number of hydrogen-bond donors (Lipinski definition) is 2. The molecule has 1 saturated carbocycles. The molecular weight excluding hydrogens is 283 g/mol. The summed E-state index contributed by atoms with van der Waals surface area (Å²) < 4.78 is 0. The molecule has 19 heavy (non-hydrogen) atoms. The van der Waals surface area contributed by atoms with Gasteiger partial charge in [0.25, 0.3) is 5.91 Å². The number of anilines is 1. The van der Waals surface area contributed by atoms with E-state index < -0.39 is 0 Å². The minimum Gasteiger partial charge on any atom is -0.399 e. The van der Waals surface area contributed by atoms with Crippen LogP contribution in [-0.2, 0) is 0 Å². The zero-order valence-corrected chi connectivity index (χ0v) is 12.4. The SMILES string of the molecule is CCC1(CNC(=O)c2cc(N)cc(Cl)c2Cl)CCC1. The lowest BCUT2D eigenvalue weighted by Gasteiger charge is -2.41. The van der Waals surface area contributed by atoms with Crippen LogP contribution in [0.2, 0.25) is 10.0 Å². The summed E-state index contributed by atoms with van der Waals surface area (Å²) in [4.78, 5) is 12.2. The van der Waals surface area contributed by atoms with Crippen LogP contribution in [0.15, 0.2) is 12.1 Å². The Balaban J connectivity index is 2.08. The molecule has 0 unspecified atom stereocenters. The molecular formula is C14H18Cl2N2O. The number of amides is 1. The van der Waals surface area contributed by atoms with E-state index in [9.17, 15) is 4.79 Å². The highest BCUT2D eigenvalue weighted by Crippen LogP contribution is 2.43. The molecule has 0 bridgehead atoms. The quantitative estimate of drug-likeness (QED) is 0.829. The number of nitrogens with one attached hydrogen (secondary N) is 1. The van der Waals surface area contributed by atoms with Gasteiger partial charge in [0.1, 0.15) is 0 Å². The highest BCUT2D eigenvalue weighted by molar-refractivity contribution is 6.44. The number of benzene rings is 1. The first-order chi connectivity index (χ1) is 8.97. The van der Waals surface area contributed by atoms with Crippen LogP contribution in [0.3, 0.4) is 0 Å². The Labute approximate surface area is 123 Å². The van der Waals surface area contributed by atoms with Crippen molar-refractivity contribution in [1.82, 2.24) is 5.32 Å². The van der Waals surface area contributed by atoms with E-state index in [1.807, 2.05) is 0 Å². The first kappa shape index (κ1) is 14.5. The largest absolute Gasteiger partial charge is 0.399 e. The van der Waals surface area contributed by atoms with E-state index in [2.05, 4.69) is 12.2 Å². The molecule has 3 N–H and O–H groups in total. The Morgan fingerprint density at radius 2 is 2.11 bits per heavy atom. The second-order valence-electron chi connectivity index (χ2n) is 5.25. The van der Waals surface area contributed by atoms with Crippen molar-refractivity contribution < 1.29 is 4.79 Å². The molecule has 0 aliphatic heterocycles. The summed E-state index contributed by atoms with van der Waals surface area (Å²) in [6.07, 6.45) is 4.68. The van der Waals surface area contributed by atoms with Crippen LogP contribution in [0.25, 0.3) is 0 Å². The Kier molecular flexibility index (Phi) is 4.26. The maximum Gasteiger partial charge on any atom is 0.252 e. The van der Waals surface area contributed by atoms with Gasteiger partial charge in [-0.25, -0.2) is 0 Å². The third kappa shape index (κ3) is 2.98. The molecule has 0 saturated heterocycles. The monoisotopic (exact) mass is 300 g/mol. The fraction of sp³-hybridized carbons (Fsp3) is 0.500. The first-order valence-electron chi connectivity index (χ1n) is 6.50. The van der Waals surface area contributed by atoms with Gasteiger partial charge in [0, 0.05) is 12.2 Å². The van der Waals surface area contributed by atoms with E-state index in [4.69, 9.17) is 28.9 Å². The van der Waals surface area contributed by atoms with Crippen molar-refractivity contribution in [3.8, 4) is 0 Å². The van der Waals surface area contributed by atoms with Crippen molar-refractivity contribution in [3.05, 3.63) is 27.7 Å². The van der Waals surface area contributed by atoms with Gasteiger partial charge in [-0.3, -0.25) is 4.79 Å². The molecule has 1 aromatic carbocycles. The summed E-state index contributed by atoms with van der Waals surface area (Å²) in [5.74, 6) is -0.209. The summed E-state index contributed by atoms with van der Waals surface area (Å²) in [5, 5.41) is 3.51. The Hall–Kier alpha value is -0.930. The van der Waals surface area contributed by atoms with Crippen molar-refractivity contribution in [2.45, 2.75) is 32.6 Å². The lowest BCUT2D eigenvalue weighted by atomic mass is 9.67. The molecule has 3 nitrogen and oxygen atoms in total. The number of carbonyl (C=O) groups is 1. The maximum atomic E-state index is 12.2. The smallest absolute Gasteiger partial charge is 0.252 e. The summed E-state index contributed by atoms with van der Waals surface area (Å²) in [6, 6.07) is 3.10. The Bertz CT molecular complexity index is 493. The highest BCUT2D eigenvalue weighted by atomic mass is 35.5. The predicted octanol–water partition coefficient (Wildman–Crippen LogP) is 3.89. The van der Waals surface area contributed by atoms with Gasteiger partial charge in [-0.05, 0) is 36.8 Å². The third-order valence-electron chi connectivity index (χ3n) is 4.08. The maximum absolute atomic E-state index is 12.2. The van der Waals surface area contributed by atoms with Gasteiger partial charge in [-0.15, -0.1) is 0 Å². The van der Waals surface area contributed by atoms with Gasteiger partial charge >= 0.3 is 0 Å². The third-order valence-corrected chi connectivity index (χ3v) is 4.89. The highest BCUT2D eigenvalue weighted by Gasteiger charge is 2.35. The normalized spacial score (nSPS) is 16.8. The summed E-state index contributed by atoms with van der Waals surface area (Å²) in [5.41, 5.74) is 6.74. The second-order valence-corrected chi connectivity index (χ2v) is 6.04. The van der Waals surface area contributed by atoms with Crippen LogP contribution >= 0.6 is 23.2 Å². The van der Waals surface area contributed by atoms with Gasteiger partial charge in [-0.1, -0.05) is 36.5 Å².